The number of ether oxygens (including phenoxy) is 5. The standard InChI is InChI=1S/C32H36N2O8S/c1-8-40-31(37)28-19(4)33-32-34(29(28)22-10-12-24(42-20(5)35)26(17-22)39-7)30(36)27(43-32)16-21-9-11-23(25(15-21)38-6)41-14-13-18(2)3/h9-12,15-18,29H,8,13-14H2,1-7H3. The summed E-state index contributed by atoms with van der Waals surface area (Å²) in [5.41, 5.74) is 1.63. The fraction of sp³-hybridized carbons (Fsp3) is 0.375. The molecule has 4 rings (SSSR count). The number of esters is 2. The van der Waals surface area contributed by atoms with Crippen LogP contribution in [0.1, 0.15) is 58.2 Å². The summed E-state index contributed by atoms with van der Waals surface area (Å²) in [6.45, 7) is 9.71. The molecule has 1 aromatic heterocycles. The molecule has 1 aliphatic heterocycles. The highest BCUT2D eigenvalue weighted by molar-refractivity contribution is 7.07. The van der Waals surface area contributed by atoms with Gasteiger partial charge in [-0.2, -0.15) is 0 Å². The first-order chi connectivity index (χ1) is 20.6. The highest BCUT2D eigenvalue weighted by Crippen LogP contribution is 2.36. The van der Waals surface area contributed by atoms with Crippen LogP contribution in [-0.2, 0) is 14.3 Å². The van der Waals surface area contributed by atoms with Crippen LogP contribution in [0.5, 0.6) is 23.0 Å². The number of hydrogen-bond acceptors (Lipinski definition) is 10. The number of thiazole rings is 1. The van der Waals surface area contributed by atoms with E-state index in [2.05, 4.69) is 18.8 Å². The Labute approximate surface area is 253 Å². The van der Waals surface area contributed by atoms with Gasteiger partial charge in [-0.1, -0.05) is 37.3 Å². The molecule has 0 saturated heterocycles. The Morgan fingerprint density at radius 1 is 1.05 bits per heavy atom. The number of allylic oxidation sites excluding steroid dienone is 1. The van der Waals surface area contributed by atoms with Gasteiger partial charge in [-0.3, -0.25) is 14.2 Å². The maximum atomic E-state index is 14.0. The van der Waals surface area contributed by atoms with Gasteiger partial charge in [-0.25, -0.2) is 9.79 Å². The van der Waals surface area contributed by atoms with E-state index in [0.29, 0.717) is 44.6 Å². The summed E-state index contributed by atoms with van der Waals surface area (Å²) in [6.07, 6.45) is 2.67. The number of carbonyl (C=O) groups excluding carboxylic acids is 2. The largest absolute Gasteiger partial charge is 0.493 e. The number of nitrogens with zero attached hydrogens (tertiary/aromatic N) is 2. The van der Waals surface area contributed by atoms with Crippen molar-refractivity contribution in [3.63, 3.8) is 0 Å². The molecule has 0 fully saturated rings. The number of methoxy groups -OCH3 is 2. The van der Waals surface area contributed by atoms with E-state index in [-0.39, 0.29) is 29.2 Å². The molecule has 11 heteroatoms. The Balaban J connectivity index is 1.84. The van der Waals surface area contributed by atoms with E-state index in [0.717, 1.165) is 12.0 Å². The first kappa shape index (κ1) is 31.6. The minimum Gasteiger partial charge on any atom is -0.493 e. The third-order valence-corrected chi connectivity index (χ3v) is 7.70. The lowest BCUT2D eigenvalue weighted by atomic mass is 9.95. The van der Waals surface area contributed by atoms with Crippen molar-refractivity contribution in [2.24, 2.45) is 10.9 Å². The van der Waals surface area contributed by atoms with Gasteiger partial charge in [-0.15, -0.1) is 0 Å². The van der Waals surface area contributed by atoms with Gasteiger partial charge < -0.3 is 23.7 Å². The quantitative estimate of drug-likeness (QED) is 0.236. The monoisotopic (exact) mass is 608 g/mol. The molecule has 1 atom stereocenters. The Hall–Kier alpha value is -4.38. The predicted octanol–water partition coefficient (Wildman–Crippen LogP) is 4.17. The lowest BCUT2D eigenvalue weighted by molar-refractivity contribution is -0.139. The van der Waals surface area contributed by atoms with Crippen molar-refractivity contribution in [3.05, 3.63) is 78.5 Å². The van der Waals surface area contributed by atoms with E-state index < -0.39 is 18.0 Å². The summed E-state index contributed by atoms with van der Waals surface area (Å²) in [6, 6.07) is 9.53. The fourth-order valence-electron chi connectivity index (χ4n) is 4.65. The number of fused-ring (bicyclic) bond motifs is 1. The number of hydrogen-bond donors (Lipinski definition) is 0. The topological polar surface area (TPSA) is 115 Å². The van der Waals surface area contributed by atoms with E-state index in [1.54, 1.807) is 45.2 Å². The molecule has 228 valence electrons. The molecule has 0 radical (unpaired) electrons. The zero-order chi connectivity index (χ0) is 31.3. The summed E-state index contributed by atoms with van der Waals surface area (Å²) < 4.78 is 29.5. The van der Waals surface area contributed by atoms with Crippen molar-refractivity contribution in [1.29, 1.82) is 0 Å². The molecule has 1 aliphatic rings. The molecule has 0 bridgehead atoms. The maximum absolute atomic E-state index is 14.0. The average molecular weight is 609 g/mol. The van der Waals surface area contributed by atoms with Gasteiger partial charge in [0, 0.05) is 6.92 Å². The Morgan fingerprint density at radius 3 is 2.40 bits per heavy atom. The van der Waals surface area contributed by atoms with Crippen LogP contribution in [0, 0.1) is 5.92 Å². The lowest BCUT2D eigenvalue weighted by Gasteiger charge is -2.25. The molecule has 0 aliphatic carbocycles. The van der Waals surface area contributed by atoms with Gasteiger partial charge in [0.1, 0.15) is 0 Å². The van der Waals surface area contributed by atoms with Gasteiger partial charge in [0.15, 0.2) is 27.8 Å². The van der Waals surface area contributed by atoms with Gasteiger partial charge >= 0.3 is 11.9 Å². The molecule has 2 heterocycles. The molecular weight excluding hydrogens is 572 g/mol. The highest BCUT2D eigenvalue weighted by Gasteiger charge is 2.34. The van der Waals surface area contributed by atoms with Crippen LogP contribution in [0.3, 0.4) is 0 Å². The molecule has 43 heavy (non-hydrogen) atoms. The van der Waals surface area contributed by atoms with Crippen LogP contribution in [0.4, 0.5) is 0 Å². The summed E-state index contributed by atoms with van der Waals surface area (Å²) in [4.78, 5) is 43.8. The zero-order valence-corrected chi connectivity index (χ0v) is 26.2. The summed E-state index contributed by atoms with van der Waals surface area (Å²) in [5.74, 6) is 1.11. The first-order valence-corrected chi connectivity index (χ1v) is 14.8. The average Bonchev–Trinajstić information content (AvgIpc) is 3.26. The summed E-state index contributed by atoms with van der Waals surface area (Å²) >= 11 is 1.21. The van der Waals surface area contributed by atoms with Crippen LogP contribution in [0.25, 0.3) is 6.08 Å². The number of benzene rings is 2. The second kappa shape index (κ2) is 13.7. The van der Waals surface area contributed by atoms with E-state index in [4.69, 9.17) is 23.7 Å². The normalized spacial score (nSPS) is 14.7. The van der Waals surface area contributed by atoms with Crippen molar-refractivity contribution in [1.82, 2.24) is 4.57 Å². The third kappa shape index (κ3) is 6.99. The summed E-state index contributed by atoms with van der Waals surface area (Å²) in [7, 11) is 3.02. The molecule has 0 amide bonds. The second-order valence-electron chi connectivity index (χ2n) is 10.2. The fourth-order valence-corrected chi connectivity index (χ4v) is 5.70. The van der Waals surface area contributed by atoms with Gasteiger partial charge in [0.25, 0.3) is 5.56 Å². The molecule has 10 nitrogen and oxygen atoms in total. The molecule has 0 N–H and O–H groups in total. The van der Waals surface area contributed by atoms with Crippen LogP contribution >= 0.6 is 11.3 Å². The molecule has 1 unspecified atom stereocenters. The van der Waals surface area contributed by atoms with Crippen molar-refractivity contribution < 1.29 is 33.3 Å². The molecule has 0 spiro atoms. The Bertz CT molecular complexity index is 1730. The zero-order valence-electron chi connectivity index (χ0n) is 25.4. The number of aromatic nitrogens is 1. The second-order valence-corrected chi connectivity index (χ2v) is 11.3. The number of carbonyl (C=O) groups is 2. The highest BCUT2D eigenvalue weighted by atomic mass is 32.1. The first-order valence-electron chi connectivity index (χ1n) is 13.9. The minimum atomic E-state index is -0.857. The lowest BCUT2D eigenvalue weighted by Crippen LogP contribution is -2.40. The third-order valence-electron chi connectivity index (χ3n) is 6.71. The molecular formula is C32H36N2O8S. The SMILES string of the molecule is CCOC(=O)C1=C(C)N=c2sc(=Cc3ccc(OCCC(C)C)c(OC)c3)c(=O)n2C1c1ccc(OC(C)=O)c(OC)c1. The van der Waals surface area contributed by atoms with E-state index >= 15 is 0 Å². The van der Waals surface area contributed by atoms with Crippen LogP contribution in [0.15, 0.2) is 57.5 Å². The summed E-state index contributed by atoms with van der Waals surface area (Å²) in [5, 5.41) is 0. The number of rotatable bonds is 11. The smallest absolute Gasteiger partial charge is 0.338 e. The molecule has 3 aromatic rings. The van der Waals surface area contributed by atoms with Crippen molar-refractivity contribution in [2.75, 3.05) is 27.4 Å². The Morgan fingerprint density at radius 2 is 1.74 bits per heavy atom. The van der Waals surface area contributed by atoms with Gasteiger partial charge in [0.2, 0.25) is 0 Å². The van der Waals surface area contributed by atoms with Crippen LogP contribution in [-0.4, -0.2) is 43.9 Å². The van der Waals surface area contributed by atoms with Crippen molar-refractivity contribution >= 4 is 29.4 Å². The van der Waals surface area contributed by atoms with Gasteiger partial charge in [-0.05, 0) is 67.7 Å². The molecule has 0 saturated carbocycles. The van der Waals surface area contributed by atoms with Crippen molar-refractivity contribution in [2.45, 2.75) is 47.1 Å². The Kier molecular flexibility index (Phi) is 10.1. The predicted molar refractivity (Wildman–Crippen MR) is 163 cm³/mol. The van der Waals surface area contributed by atoms with E-state index in [1.165, 1.54) is 29.9 Å². The van der Waals surface area contributed by atoms with Gasteiger partial charge in [0.05, 0.1) is 49.3 Å². The minimum absolute atomic E-state index is 0.153. The van der Waals surface area contributed by atoms with Crippen LogP contribution in [0.2, 0.25) is 0 Å². The molecule has 2 aromatic carbocycles. The van der Waals surface area contributed by atoms with Crippen LogP contribution < -0.4 is 33.8 Å². The van der Waals surface area contributed by atoms with E-state index in [9.17, 15) is 14.4 Å². The maximum Gasteiger partial charge on any atom is 0.338 e. The van der Waals surface area contributed by atoms with E-state index in [1.807, 2.05) is 18.2 Å². The van der Waals surface area contributed by atoms with Crippen molar-refractivity contribution in [3.8, 4) is 23.0 Å².